The Morgan fingerprint density at radius 2 is 1.67 bits per heavy atom. The van der Waals surface area contributed by atoms with Crippen LogP contribution in [0.25, 0.3) is 10.4 Å². The lowest BCUT2D eigenvalue weighted by Crippen LogP contribution is -2.43. The number of hydrogen-bond donors (Lipinski definition) is 0. The SMILES string of the molecule is CSc1ccc(-c2ccc(C3CC(C(F)(F)C(F)(F)F)=NN3c3ccc(F)cc3F)s2)cc1. The van der Waals surface area contributed by atoms with Gasteiger partial charge in [0.25, 0.3) is 0 Å². The molecule has 3 aromatic rings. The molecule has 33 heavy (non-hydrogen) atoms. The molecule has 174 valence electrons. The van der Waals surface area contributed by atoms with Crippen LogP contribution in [0, 0.1) is 11.6 Å². The van der Waals surface area contributed by atoms with E-state index in [0.29, 0.717) is 10.9 Å². The molecule has 0 saturated heterocycles. The molecule has 2 heterocycles. The molecule has 0 saturated carbocycles. The number of benzene rings is 2. The molecule has 1 aromatic heterocycles. The van der Waals surface area contributed by atoms with Crippen molar-refractivity contribution in [3.8, 4) is 10.4 Å². The minimum absolute atomic E-state index is 0.395. The van der Waals surface area contributed by atoms with Crippen LogP contribution in [-0.2, 0) is 0 Å². The lowest BCUT2D eigenvalue weighted by molar-refractivity contribution is -0.249. The largest absolute Gasteiger partial charge is 0.459 e. The molecule has 1 atom stereocenters. The molecule has 0 radical (unpaired) electrons. The second-order valence-corrected chi connectivity index (χ2v) is 9.20. The van der Waals surface area contributed by atoms with E-state index in [4.69, 9.17) is 0 Å². The topological polar surface area (TPSA) is 15.6 Å². The van der Waals surface area contributed by atoms with Crippen LogP contribution in [-0.4, -0.2) is 24.1 Å². The van der Waals surface area contributed by atoms with Gasteiger partial charge in [-0.25, -0.2) is 8.78 Å². The van der Waals surface area contributed by atoms with E-state index in [1.54, 1.807) is 23.9 Å². The number of thiophene rings is 1. The molecule has 0 bridgehead atoms. The van der Waals surface area contributed by atoms with E-state index in [-0.39, 0.29) is 0 Å². The average molecular weight is 504 g/mol. The molecule has 0 spiro atoms. The summed E-state index contributed by atoms with van der Waals surface area (Å²) in [5, 5.41) is 4.24. The lowest BCUT2D eigenvalue weighted by atomic mass is 10.0. The summed E-state index contributed by atoms with van der Waals surface area (Å²) >= 11 is 2.74. The molecule has 11 heteroatoms. The molecule has 1 aliphatic heterocycles. The first-order chi connectivity index (χ1) is 15.5. The van der Waals surface area contributed by atoms with Gasteiger partial charge in [-0.3, -0.25) is 5.01 Å². The lowest BCUT2D eigenvalue weighted by Gasteiger charge is -2.23. The van der Waals surface area contributed by atoms with Crippen molar-refractivity contribution in [1.29, 1.82) is 0 Å². The van der Waals surface area contributed by atoms with Gasteiger partial charge in [-0.15, -0.1) is 23.1 Å². The zero-order chi connectivity index (χ0) is 24.0. The quantitative estimate of drug-likeness (QED) is 0.259. The van der Waals surface area contributed by atoms with Crippen molar-refractivity contribution in [2.75, 3.05) is 11.3 Å². The predicted octanol–water partition coefficient (Wildman–Crippen LogP) is 7.92. The van der Waals surface area contributed by atoms with Gasteiger partial charge >= 0.3 is 12.1 Å². The van der Waals surface area contributed by atoms with E-state index in [9.17, 15) is 30.7 Å². The molecule has 0 amide bonds. The van der Waals surface area contributed by atoms with Crippen LogP contribution < -0.4 is 5.01 Å². The summed E-state index contributed by atoms with van der Waals surface area (Å²) in [5.41, 5.74) is -0.986. The fraction of sp³-hybridized carbons (Fsp3) is 0.227. The van der Waals surface area contributed by atoms with Gasteiger partial charge in [-0.2, -0.15) is 27.1 Å². The maximum atomic E-state index is 14.4. The number of halogens is 7. The highest BCUT2D eigenvalue weighted by molar-refractivity contribution is 7.98. The van der Waals surface area contributed by atoms with Crippen molar-refractivity contribution in [3.05, 3.63) is 71.1 Å². The van der Waals surface area contributed by atoms with E-state index < -0.39 is 47.6 Å². The Kier molecular flexibility index (Phi) is 6.21. The van der Waals surface area contributed by atoms with Crippen molar-refractivity contribution in [3.63, 3.8) is 0 Å². The van der Waals surface area contributed by atoms with Crippen molar-refractivity contribution in [2.45, 2.75) is 29.5 Å². The average Bonchev–Trinajstić information content (AvgIpc) is 3.41. The smallest absolute Gasteiger partial charge is 0.254 e. The maximum Gasteiger partial charge on any atom is 0.459 e. The molecular weight excluding hydrogens is 489 g/mol. The van der Waals surface area contributed by atoms with Gasteiger partial charge in [0, 0.05) is 27.1 Å². The highest BCUT2D eigenvalue weighted by atomic mass is 32.2. The summed E-state index contributed by atoms with van der Waals surface area (Å²) in [6.07, 6.45) is -4.70. The standard InChI is InChI=1S/C22H15F7N2S2/c1-32-14-5-2-12(3-6-14)18-8-9-19(33-18)17-11-20(21(25,26)22(27,28)29)30-31(17)16-7-4-13(23)10-15(16)24/h2-10,17H,11H2,1H3. The summed E-state index contributed by atoms with van der Waals surface area (Å²) in [6, 6.07) is 12.1. The molecule has 0 fully saturated rings. The van der Waals surface area contributed by atoms with Gasteiger partial charge in [0.05, 0.1) is 11.7 Å². The summed E-state index contributed by atoms with van der Waals surface area (Å²) in [7, 11) is 0. The second-order valence-electron chi connectivity index (χ2n) is 7.21. The van der Waals surface area contributed by atoms with Crippen LogP contribution in [0.15, 0.2) is 64.6 Å². The van der Waals surface area contributed by atoms with Crippen molar-refractivity contribution >= 4 is 34.5 Å². The Hall–Kier alpha value is -2.53. The Balaban J connectivity index is 1.74. The fourth-order valence-corrected chi connectivity index (χ4v) is 4.92. The van der Waals surface area contributed by atoms with Crippen LogP contribution in [0.2, 0.25) is 0 Å². The first kappa shape index (κ1) is 23.6. The van der Waals surface area contributed by atoms with Crippen molar-refractivity contribution in [2.24, 2.45) is 5.10 Å². The Morgan fingerprint density at radius 3 is 2.27 bits per heavy atom. The van der Waals surface area contributed by atoms with E-state index >= 15 is 0 Å². The molecule has 1 unspecified atom stereocenters. The minimum Gasteiger partial charge on any atom is -0.254 e. The van der Waals surface area contributed by atoms with Crippen molar-refractivity contribution in [1.82, 2.24) is 0 Å². The number of nitrogens with zero attached hydrogens (tertiary/aromatic N) is 2. The van der Waals surface area contributed by atoms with Gasteiger partial charge in [-0.1, -0.05) is 12.1 Å². The number of anilines is 1. The van der Waals surface area contributed by atoms with Crippen LogP contribution in [0.5, 0.6) is 0 Å². The third-order valence-corrected chi connectivity index (χ3v) is 7.09. The van der Waals surface area contributed by atoms with E-state index in [0.717, 1.165) is 32.5 Å². The highest BCUT2D eigenvalue weighted by Gasteiger charge is 2.63. The number of hydrazone groups is 1. The molecule has 1 aliphatic rings. The van der Waals surface area contributed by atoms with E-state index in [1.165, 1.54) is 11.3 Å². The highest BCUT2D eigenvalue weighted by Crippen LogP contribution is 2.47. The number of alkyl halides is 5. The molecule has 0 aliphatic carbocycles. The van der Waals surface area contributed by atoms with Crippen LogP contribution in [0.4, 0.5) is 36.4 Å². The minimum atomic E-state index is -5.85. The van der Waals surface area contributed by atoms with Crippen LogP contribution >= 0.6 is 23.1 Å². The first-order valence-electron chi connectivity index (χ1n) is 9.52. The second kappa shape index (κ2) is 8.68. The van der Waals surface area contributed by atoms with E-state index in [1.807, 2.05) is 30.5 Å². The monoisotopic (exact) mass is 504 g/mol. The Labute approximate surface area is 192 Å². The van der Waals surface area contributed by atoms with Gasteiger partial charge in [0.2, 0.25) is 0 Å². The van der Waals surface area contributed by atoms with Crippen molar-refractivity contribution < 1.29 is 30.7 Å². The third-order valence-electron chi connectivity index (χ3n) is 5.12. The van der Waals surface area contributed by atoms with Gasteiger partial charge in [-0.05, 0) is 48.2 Å². The van der Waals surface area contributed by atoms with E-state index in [2.05, 4.69) is 5.10 Å². The van der Waals surface area contributed by atoms with Gasteiger partial charge in [0.1, 0.15) is 11.5 Å². The summed E-state index contributed by atoms with van der Waals surface area (Å²) < 4.78 is 94.9. The number of hydrogen-bond acceptors (Lipinski definition) is 4. The molecular formula is C22H15F7N2S2. The Bertz CT molecular complexity index is 1190. The molecule has 4 rings (SSSR count). The number of rotatable bonds is 5. The third kappa shape index (κ3) is 4.48. The Morgan fingerprint density at radius 1 is 0.970 bits per heavy atom. The first-order valence-corrected chi connectivity index (χ1v) is 11.6. The molecule has 0 N–H and O–H groups in total. The van der Waals surface area contributed by atoms with Crippen LogP contribution in [0.3, 0.4) is 0 Å². The van der Waals surface area contributed by atoms with Crippen LogP contribution in [0.1, 0.15) is 17.3 Å². The van der Waals surface area contributed by atoms with Gasteiger partial charge < -0.3 is 0 Å². The number of thioether (sulfide) groups is 1. The summed E-state index contributed by atoms with van der Waals surface area (Å²) in [6.45, 7) is 0. The zero-order valence-corrected chi connectivity index (χ0v) is 18.5. The normalized spacial score (nSPS) is 16.9. The summed E-state index contributed by atoms with van der Waals surface area (Å²) in [4.78, 5) is 2.21. The zero-order valence-electron chi connectivity index (χ0n) is 16.8. The molecule has 2 nitrogen and oxygen atoms in total. The van der Waals surface area contributed by atoms with Gasteiger partial charge in [0.15, 0.2) is 5.82 Å². The maximum absolute atomic E-state index is 14.4. The molecule has 2 aromatic carbocycles. The summed E-state index contributed by atoms with van der Waals surface area (Å²) in [5.74, 6) is -7.22. The fourth-order valence-electron chi connectivity index (χ4n) is 3.42. The predicted molar refractivity (Wildman–Crippen MR) is 116 cm³/mol.